The Labute approximate surface area is 144 Å². The largest absolute Gasteiger partial charge is 0.345 e. The lowest BCUT2D eigenvalue weighted by Crippen LogP contribution is -2.38. The Kier molecular flexibility index (Phi) is 4.79. The fourth-order valence-corrected chi connectivity index (χ4v) is 3.02. The number of imidazole rings is 1. The van der Waals surface area contributed by atoms with Crippen LogP contribution in [0.2, 0.25) is 0 Å². The second-order valence-electron chi connectivity index (χ2n) is 7.91. The highest BCUT2D eigenvalue weighted by Crippen LogP contribution is 2.37. The third kappa shape index (κ3) is 4.05. The standard InChI is InChI=1S/C20H28N2O2/c1-16-5-7-17(8-6-16)9-10-20(14-22-12-11-21-15-22)23-13-18(24-20)19(2,3)4/h5-8,11-12,15,18H,9-10,13-14H2,1-4H3. The van der Waals surface area contributed by atoms with Crippen molar-refractivity contribution in [3.8, 4) is 0 Å². The molecule has 4 nitrogen and oxygen atoms in total. The van der Waals surface area contributed by atoms with Gasteiger partial charge in [-0.1, -0.05) is 50.6 Å². The van der Waals surface area contributed by atoms with Crippen LogP contribution in [0.3, 0.4) is 0 Å². The molecular weight excluding hydrogens is 300 g/mol. The van der Waals surface area contributed by atoms with Crippen LogP contribution in [0, 0.1) is 12.3 Å². The number of ether oxygens (including phenoxy) is 2. The van der Waals surface area contributed by atoms with E-state index in [1.807, 2.05) is 17.1 Å². The summed E-state index contributed by atoms with van der Waals surface area (Å²) < 4.78 is 14.7. The van der Waals surface area contributed by atoms with Gasteiger partial charge in [-0.25, -0.2) is 4.98 Å². The second kappa shape index (κ2) is 6.69. The Balaban J connectivity index is 1.74. The Morgan fingerprint density at radius 3 is 2.58 bits per heavy atom. The molecule has 24 heavy (non-hydrogen) atoms. The zero-order chi connectivity index (χ0) is 17.2. The van der Waals surface area contributed by atoms with Crippen LogP contribution in [-0.2, 0) is 22.4 Å². The molecule has 1 aromatic carbocycles. The third-order valence-electron chi connectivity index (χ3n) is 4.72. The van der Waals surface area contributed by atoms with Gasteiger partial charge in [0.1, 0.15) is 0 Å². The summed E-state index contributed by atoms with van der Waals surface area (Å²) in [7, 11) is 0. The summed E-state index contributed by atoms with van der Waals surface area (Å²) in [6.07, 6.45) is 7.46. The first kappa shape index (κ1) is 17.2. The fraction of sp³-hybridized carbons (Fsp3) is 0.550. The van der Waals surface area contributed by atoms with E-state index in [1.165, 1.54) is 11.1 Å². The number of benzene rings is 1. The average molecular weight is 328 g/mol. The van der Waals surface area contributed by atoms with E-state index < -0.39 is 5.79 Å². The Morgan fingerprint density at radius 2 is 2.00 bits per heavy atom. The van der Waals surface area contributed by atoms with Gasteiger partial charge in [0.2, 0.25) is 0 Å². The van der Waals surface area contributed by atoms with E-state index in [-0.39, 0.29) is 11.5 Å². The molecule has 0 N–H and O–H groups in total. The van der Waals surface area contributed by atoms with Gasteiger partial charge in [0.25, 0.3) is 0 Å². The van der Waals surface area contributed by atoms with Crippen molar-refractivity contribution in [2.24, 2.45) is 5.41 Å². The summed E-state index contributed by atoms with van der Waals surface area (Å²) in [5, 5.41) is 0. The monoisotopic (exact) mass is 328 g/mol. The first-order valence-electron chi connectivity index (χ1n) is 8.69. The molecule has 1 fully saturated rings. The maximum absolute atomic E-state index is 6.46. The van der Waals surface area contributed by atoms with E-state index in [4.69, 9.17) is 9.47 Å². The number of hydrogen-bond donors (Lipinski definition) is 0. The van der Waals surface area contributed by atoms with Gasteiger partial charge in [-0.3, -0.25) is 0 Å². The minimum atomic E-state index is -0.580. The van der Waals surface area contributed by atoms with Crippen molar-refractivity contribution in [3.05, 3.63) is 54.1 Å². The Bertz CT molecular complexity index is 643. The van der Waals surface area contributed by atoms with Crippen LogP contribution in [0.1, 0.15) is 38.3 Å². The summed E-state index contributed by atoms with van der Waals surface area (Å²) in [4.78, 5) is 4.14. The molecule has 2 heterocycles. The Morgan fingerprint density at radius 1 is 1.25 bits per heavy atom. The molecule has 3 rings (SSSR count). The summed E-state index contributed by atoms with van der Waals surface area (Å²) in [5.41, 5.74) is 2.67. The average Bonchev–Trinajstić information content (AvgIpc) is 3.17. The van der Waals surface area contributed by atoms with Crippen LogP contribution in [0.25, 0.3) is 0 Å². The van der Waals surface area contributed by atoms with Crippen LogP contribution in [0.15, 0.2) is 43.0 Å². The first-order valence-corrected chi connectivity index (χ1v) is 8.69. The molecule has 0 aliphatic carbocycles. The van der Waals surface area contributed by atoms with Crippen LogP contribution < -0.4 is 0 Å². The lowest BCUT2D eigenvalue weighted by molar-refractivity contribution is -0.191. The van der Waals surface area contributed by atoms with Crippen LogP contribution in [-0.4, -0.2) is 28.0 Å². The van der Waals surface area contributed by atoms with Gasteiger partial charge in [-0.2, -0.15) is 0 Å². The van der Waals surface area contributed by atoms with E-state index in [0.29, 0.717) is 13.2 Å². The maximum Gasteiger partial charge on any atom is 0.187 e. The maximum atomic E-state index is 6.46. The normalized spacial score (nSPS) is 24.4. The molecule has 1 aliphatic rings. The predicted molar refractivity (Wildman–Crippen MR) is 94.7 cm³/mol. The van der Waals surface area contributed by atoms with Crippen molar-refractivity contribution in [3.63, 3.8) is 0 Å². The minimum Gasteiger partial charge on any atom is -0.345 e. The van der Waals surface area contributed by atoms with E-state index in [9.17, 15) is 0 Å². The van der Waals surface area contributed by atoms with Crippen LogP contribution in [0.5, 0.6) is 0 Å². The smallest absolute Gasteiger partial charge is 0.187 e. The van der Waals surface area contributed by atoms with Crippen LogP contribution >= 0.6 is 0 Å². The van der Waals surface area contributed by atoms with E-state index >= 15 is 0 Å². The van der Waals surface area contributed by atoms with Crippen LogP contribution in [0.4, 0.5) is 0 Å². The molecule has 1 aliphatic heterocycles. The van der Waals surface area contributed by atoms with Crippen molar-refractivity contribution in [2.75, 3.05) is 6.61 Å². The van der Waals surface area contributed by atoms with E-state index in [2.05, 4.69) is 56.9 Å². The second-order valence-corrected chi connectivity index (χ2v) is 7.91. The number of hydrogen-bond acceptors (Lipinski definition) is 3. The van der Waals surface area contributed by atoms with Crippen molar-refractivity contribution in [1.82, 2.24) is 9.55 Å². The molecule has 2 unspecified atom stereocenters. The molecular formula is C20H28N2O2. The highest BCUT2D eigenvalue weighted by molar-refractivity contribution is 5.21. The number of aromatic nitrogens is 2. The molecule has 2 aromatic rings. The fourth-order valence-electron chi connectivity index (χ4n) is 3.02. The first-order chi connectivity index (χ1) is 11.4. The van der Waals surface area contributed by atoms with Gasteiger partial charge in [0.15, 0.2) is 5.79 Å². The molecule has 1 saturated heterocycles. The molecule has 0 spiro atoms. The molecule has 2 atom stereocenters. The highest BCUT2D eigenvalue weighted by Gasteiger charge is 2.45. The zero-order valence-corrected chi connectivity index (χ0v) is 15.2. The number of nitrogens with zero attached hydrogens (tertiary/aromatic N) is 2. The topological polar surface area (TPSA) is 36.3 Å². The van der Waals surface area contributed by atoms with E-state index in [1.54, 1.807) is 6.20 Å². The predicted octanol–water partition coefficient (Wildman–Crippen LogP) is 3.98. The lowest BCUT2D eigenvalue weighted by atomic mass is 9.90. The molecule has 0 saturated carbocycles. The van der Waals surface area contributed by atoms with Crippen molar-refractivity contribution < 1.29 is 9.47 Å². The minimum absolute atomic E-state index is 0.0700. The van der Waals surface area contributed by atoms with Gasteiger partial charge in [-0.15, -0.1) is 0 Å². The zero-order valence-electron chi connectivity index (χ0n) is 15.2. The van der Waals surface area contributed by atoms with Gasteiger partial charge >= 0.3 is 0 Å². The van der Waals surface area contributed by atoms with E-state index in [0.717, 1.165) is 12.8 Å². The van der Waals surface area contributed by atoms with Crippen molar-refractivity contribution >= 4 is 0 Å². The third-order valence-corrected chi connectivity index (χ3v) is 4.72. The Hall–Kier alpha value is -1.65. The highest BCUT2D eigenvalue weighted by atomic mass is 16.7. The summed E-state index contributed by atoms with van der Waals surface area (Å²) in [6.45, 7) is 10.0. The quantitative estimate of drug-likeness (QED) is 0.833. The van der Waals surface area contributed by atoms with Gasteiger partial charge < -0.3 is 14.0 Å². The molecule has 130 valence electrons. The number of rotatable bonds is 5. The lowest BCUT2D eigenvalue weighted by Gasteiger charge is -2.31. The van der Waals surface area contributed by atoms with Crippen molar-refractivity contribution in [1.29, 1.82) is 0 Å². The van der Waals surface area contributed by atoms with Gasteiger partial charge in [-0.05, 0) is 24.3 Å². The molecule has 0 bridgehead atoms. The SMILES string of the molecule is Cc1ccc(CCC2(Cn3ccnc3)OCC(C(C)(C)C)O2)cc1. The summed E-state index contributed by atoms with van der Waals surface area (Å²) >= 11 is 0. The summed E-state index contributed by atoms with van der Waals surface area (Å²) in [6, 6.07) is 8.70. The van der Waals surface area contributed by atoms with Gasteiger partial charge in [0, 0.05) is 18.8 Å². The van der Waals surface area contributed by atoms with Gasteiger partial charge in [0.05, 0.1) is 25.6 Å². The number of aryl methyl sites for hydroxylation is 2. The molecule has 0 amide bonds. The molecule has 1 aromatic heterocycles. The van der Waals surface area contributed by atoms with Crippen molar-refractivity contribution in [2.45, 2.75) is 59.0 Å². The molecule has 0 radical (unpaired) electrons. The molecule has 4 heteroatoms. The summed E-state index contributed by atoms with van der Waals surface area (Å²) in [5.74, 6) is -0.580.